The van der Waals surface area contributed by atoms with Crippen molar-refractivity contribution in [2.24, 2.45) is 16.6 Å². The number of rotatable bonds is 5. The standard InChI is InChI=1S/C16H22IN3/c1-11(2)16(15(8-18)10-19-4)6-14-5-13(7-17)9-20-12(14)3/h5-6,8-11H,7,18H2,1-4H3/b15-8+,16-6+,19-10?. The van der Waals surface area contributed by atoms with E-state index in [2.05, 4.69) is 58.6 Å². The number of nitrogens with zero attached hydrogens (tertiary/aromatic N) is 2. The molecule has 0 spiro atoms. The number of alkyl halides is 1. The highest BCUT2D eigenvalue weighted by Gasteiger charge is 2.09. The zero-order valence-corrected chi connectivity index (χ0v) is 14.7. The lowest BCUT2D eigenvalue weighted by molar-refractivity contribution is 0.791. The van der Waals surface area contributed by atoms with Crippen molar-refractivity contribution in [3.63, 3.8) is 0 Å². The molecule has 1 rings (SSSR count). The first-order valence-corrected chi connectivity index (χ1v) is 8.13. The fraction of sp³-hybridized carbons (Fsp3) is 0.375. The Bertz CT molecular complexity index is 543. The number of pyridine rings is 1. The van der Waals surface area contributed by atoms with E-state index < -0.39 is 0 Å². The van der Waals surface area contributed by atoms with Crippen LogP contribution in [-0.4, -0.2) is 18.2 Å². The van der Waals surface area contributed by atoms with E-state index >= 15 is 0 Å². The number of aryl methyl sites for hydroxylation is 1. The third-order valence-corrected chi connectivity index (χ3v) is 3.93. The second-order valence-electron chi connectivity index (χ2n) is 4.92. The number of aromatic nitrogens is 1. The van der Waals surface area contributed by atoms with Crippen molar-refractivity contribution in [3.8, 4) is 0 Å². The van der Waals surface area contributed by atoms with E-state index in [1.54, 1.807) is 19.5 Å². The first-order valence-electron chi connectivity index (χ1n) is 6.61. The van der Waals surface area contributed by atoms with Gasteiger partial charge < -0.3 is 5.73 Å². The monoisotopic (exact) mass is 383 g/mol. The SMILES string of the molecule is CN=CC(=C\N)/C(=C/c1cc(CI)cnc1C)C(C)C. The quantitative estimate of drug-likeness (QED) is 0.363. The minimum absolute atomic E-state index is 0.366. The Morgan fingerprint density at radius 1 is 1.50 bits per heavy atom. The summed E-state index contributed by atoms with van der Waals surface area (Å²) in [6.07, 6.45) is 7.52. The predicted molar refractivity (Wildman–Crippen MR) is 96.2 cm³/mol. The van der Waals surface area contributed by atoms with Crippen molar-refractivity contribution in [3.05, 3.63) is 46.4 Å². The van der Waals surface area contributed by atoms with E-state index in [4.69, 9.17) is 5.73 Å². The van der Waals surface area contributed by atoms with Crippen LogP contribution in [0.25, 0.3) is 6.08 Å². The van der Waals surface area contributed by atoms with Crippen LogP contribution in [0.5, 0.6) is 0 Å². The van der Waals surface area contributed by atoms with Crippen LogP contribution < -0.4 is 5.73 Å². The van der Waals surface area contributed by atoms with Gasteiger partial charge in [0.05, 0.1) is 0 Å². The molecule has 0 fully saturated rings. The van der Waals surface area contributed by atoms with Gasteiger partial charge in [-0.25, -0.2) is 0 Å². The maximum atomic E-state index is 5.73. The predicted octanol–water partition coefficient (Wildman–Crippen LogP) is 3.91. The van der Waals surface area contributed by atoms with Gasteiger partial charge in [0.1, 0.15) is 0 Å². The average Bonchev–Trinajstić information content (AvgIpc) is 2.44. The Hall–Kier alpha value is -1.17. The van der Waals surface area contributed by atoms with E-state index in [0.29, 0.717) is 5.92 Å². The molecule has 20 heavy (non-hydrogen) atoms. The number of aliphatic imine (C=N–C) groups is 1. The molecule has 0 atom stereocenters. The van der Waals surface area contributed by atoms with Gasteiger partial charge in [-0.3, -0.25) is 9.98 Å². The summed E-state index contributed by atoms with van der Waals surface area (Å²) in [5, 5.41) is 0. The van der Waals surface area contributed by atoms with Gasteiger partial charge in [0, 0.05) is 41.4 Å². The fourth-order valence-corrected chi connectivity index (χ4v) is 2.34. The first kappa shape index (κ1) is 16.9. The highest BCUT2D eigenvalue weighted by molar-refractivity contribution is 14.1. The van der Waals surface area contributed by atoms with Crippen LogP contribution in [0.15, 0.2) is 34.6 Å². The normalized spacial score (nSPS) is 13.5. The number of hydrogen-bond acceptors (Lipinski definition) is 3. The van der Waals surface area contributed by atoms with Gasteiger partial charge >= 0.3 is 0 Å². The molecule has 0 bridgehead atoms. The summed E-state index contributed by atoms with van der Waals surface area (Å²) in [5.74, 6) is 0.366. The van der Waals surface area contributed by atoms with E-state index in [0.717, 1.165) is 21.3 Å². The number of allylic oxidation sites excluding steroid dienone is 2. The minimum Gasteiger partial charge on any atom is -0.404 e. The molecule has 0 unspecified atom stereocenters. The summed E-state index contributed by atoms with van der Waals surface area (Å²) >= 11 is 2.35. The molecule has 1 heterocycles. The van der Waals surface area contributed by atoms with Crippen LogP contribution in [0.2, 0.25) is 0 Å². The van der Waals surface area contributed by atoms with Gasteiger partial charge in [-0.05, 0) is 41.7 Å². The first-order chi connectivity index (χ1) is 9.53. The average molecular weight is 383 g/mol. The number of nitrogens with two attached hydrogens (primary N) is 1. The molecule has 0 aliphatic heterocycles. The smallest absolute Gasteiger partial charge is 0.0445 e. The Kier molecular flexibility index (Phi) is 6.91. The van der Waals surface area contributed by atoms with E-state index in [9.17, 15) is 0 Å². The second-order valence-corrected chi connectivity index (χ2v) is 5.68. The van der Waals surface area contributed by atoms with Crippen molar-refractivity contribution in [1.82, 2.24) is 4.98 Å². The van der Waals surface area contributed by atoms with Gasteiger partial charge in [0.15, 0.2) is 0 Å². The molecule has 0 aromatic carbocycles. The molecule has 4 heteroatoms. The maximum Gasteiger partial charge on any atom is 0.0445 e. The molecular formula is C16H22IN3. The number of hydrogen-bond donors (Lipinski definition) is 1. The molecule has 3 nitrogen and oxygen atoms in total. The third kappa shape index (κ3) is 4.44. The van der Waals surface area contributed by atoms with Crippen LogP contribution in [0.1, 0.15) is 30.7 Å². The Balaban J connectivity index is 3.34. The van der Waals surface area contributed by atoms with E-state index in [1.807, 2.05) is 13.1 Å². The summed E-state index contributed by atoms with van der Waals surface area (Å²) in [6.45, 7) is 6.34. The van der Waals surface area contributed by atoms with Gasteiger partial charge in [-0.1, -0.05) is 36.4 Å². The number of halogens is 1. The zero-order chi connectivity index (χ0) is 15.1. The van der Waals surface area contributed by atoms with Gasteiger partial charge in [-0.15, -0.1) is 0 Å². The Morgan fingerprint density at radius 2 is 2.20 bits per heavy atom. The van der Waals surface area contributed by atoms with Crippen LogP contribution >= 0.6 is 22.6 Å². The molecule has 0 radical (unpaired) electrons. The molecule has 1 aromatic rings. The lowest BCUT2D eigenvalue weighted by atomic mass is 9.93. The molecule has 0 saturated carbocycles. The topological polar surface area (TPSA) is 51.3 Å². The summed E-state index contributed by atoms with van der Waals surface area (Å²) in [4.78, 5) is 8.54. The van der Waals surface area contributed by atoms with Gasteiger partial charge in [-0.2, -0.15) is 0 Å². The summed E-state index contributed by atoms with van der Waals surface area (Å²) < 4.78 is 0.957. The van der Waals surface area contributed by atoms with Crippen molar-refractivity contribution >= 4 is 34.9 Å². The molecular weight excluding hydrogens is 361 g/mol. The summed E-state index contributed by atoms with van der Waals surface area (Å²) in [7, 11) is 1.75. The minimum atomic E-state index is 0.366. The van der Waals surface area contributed by atoms with Crippen LogP contribution in [0.4, 0.5) is 0 Å². The van der Waals surface area contributed by atoms with Crippen molar-refractivity contribution in [2.45, 2.75) is 25.2 Å². The molecule has 2 N–H and O–H groups in total. The van der Waals surface area contributed by atoms with E-state index in [-0.39, 0.29) is 0 Å². The van der Waals surface area contributed by atoms with Crippen molar-refractivity contribution in [1.29, 1.82) is 0 Å². The van der Waals surface area contributed by atoms with Crippen LogP contribution in [-0.2, 0) is 4.43 Å². The highest BCUT2D eigenvalue weighted by Crippen LogP contribution is 2.23. The van der Waals surface area contributed by atoms with Gasteiger partial charge in [0.2, 0.25) is 0 Å². The molecule has 0 aliphatic carbocycles. The van der Waals surface area contributed by atoms with Gasteiger partial charge in [0.25, 0.3) is 0 Å². The maximum absolute atomic E-state index is 5.73. The lowest BCUT2D eigenvalue weighted by Gasteiger charge is -2.13. The summed E-state index contributed by atoms with van der Waals surface area (Å²) in [6, 6.07) is 2.19. The molecule has 0 amide bonds. The third-order valence-electron chi connectivity index (χ3n) is 3.05. The fourth-order valence-electron chi connectivity index (χ4n) is 1.92. The zero-order valence-electron chi connectivity index (χ0n) is 12.5. The Morgan fingerprint density at radius 3 is 2.70 bits per heavy atom. The molecule has 108 valence electrons. The molecule has 0 saturated heterocycles. The highest BCUT2D eigenvalue weighted by atomic mass is 127. The largest absolute Gasteiger partial charge is 0.404 e. The van der Waals surface area contributed by atoms with Crippen molar-refractivity contribution < 1.29 is 0 Å². The van der Waals surface area contributed by atoms with Crippen LogP contribution in [0.3, 0.4) is 0 Å². The molecule has 0 aliphatic rings. The lowest BCUT2D eigenvalue weighted by Crippen LogP contribution is -2.03. The molecule has 1 aromatic heterocycles. The van der Waals surface area contributed by atoms with Crippen molar-refractivity contribution in [2.75, 3.05) is 7.05 Å². The van der Waals surface area contributed by atoms with E-state index in [1.165, 1.54) is 11.1 Å². The second kappa shape index (κ2) is 8.19. The Labute approximate surface area is 135 Å². The summed E-state index contributed by atoms with van der Waals surface area (Å²) in [5.41, 5.74) is 11.3. The van der Waals surface area contributed by atoms with Crippen LogP contribution in [0, 0.1) is 12.8 Å².